The first-order valence-electron chi connectivity index (χ1n) is 6.24. The minimum absolute atomic E-state index is 0.439. The van der Waals surface area contributed by atoms with E-state index in [4.69, 9.17) is 9.11 Å². The zero-order valence-corrected chi connectivity index (χ0v) is 13.6. The topological polar surface area (TPSA) is 189 Å². The number of carboxylic acids is 2. The number of carboxylic acid groups (broad SMARTS) is 2. The molecule has 0 saturated heterocycles. The Morgan fingerprint density at radius 1 is 0.913 bits per heavy atom. The number of rotatable bonds is 11. The summed E-state index contributed by atoms with van der Waals surface area (Å²) < 4.78 is 59.9. The normalized spacial score (nSPS) is 12.8. The van der Waals surface area contributed by atoms with Crippen LogP contribution in [0.2, 0.25) is 0 Å². The first kappa shape index (κ1) is 21.5. The van der Waals surface area contributed by atoms with Gasteiger partial charge in [-0.25, -0.2) is 0 Å². The fourth-order valence-electron chi connectivity index (χ4n) is 2.06. The Morgan fingerprint density at radius 3 is 1.48 bits per heavy atom. The molecule has 0 aliphatic carbocycles. The molecule has 0 rings (SSSR count). The van der Waals surface area contributed by atoms with Gasteiger partial charge in [0.15, 0.2) is 0 Å². The lowest BCUT2D eigenvalue weighted by Gasteiger charge is -2.37. The van der Waals surface area contributed by atoms with E-state index >= 15 is 0 Å². The largest absolute Gasteiger partial charge is 0.549 e. The smallest absolute Gasteiger partial charge is 0.264 e. The highest BCUT2D eigenvalue weighted by Crippen LogP contribution is 2.36. The molecule has 0 spiro atoms. The maximum absolute atomic E-state index is 11.4. The van der Waals surface area contributed by atoms with Crippen molar-refractivity contribution < 1.29 is 45.7 Å². The van der Waals surface area contributed by atoms with Gasteiger partial charge < -0.3 is 19.8 Å². The Labute approximate surface area is 133 Å². The molecule has 0 aromatic rings. The van der Waals surface area contributed by atoms with Crippen LogP contribution in [0.5, 0.6) is 0 Å². The maximum atomic E-state index is 11.4. The van der Waals surface area contributed by atoms with Crippen LogP contribution in [0.3, 0.4) is 0 Å². The zero-order valence-electron chi connectivity index (χ0n) is 11.9. The van der Waals surface area contributed by atoms with Crippen LogP contribution < -0.4 is 10.2 Å². The van der Waals surface area contributed by atoms with E-state index in [9.17, 15) is 36.6 Å². The van der Waals surface area contributed by atoms with Crippen LogP contribution in [0.15, 0.2) is 12.2 Å². The Bertz CT molecular complexity index is 636. The summed E-state index contributed by atoms with van der Waals surface area (Å²) >= 11 is 0. The van der Waals surface area contributed by atoms with E-state index in [-0.39, 0.29) is 0 Å². The molecule has 0 heterocycles. The molecule has 0 fully saturated rings. The molecule has 0 saturated carbocycles. The minimum Gasteiger partial charge on any atom is -0.549 e. The van der Waals surface area contributed by atoms with Gasteiger partial charge in [0.25, 0.3) is 20.2 Å². The van der Waals surface area contributed by atoms with Crippen LogP contribution in [0.4, 0.5) is 0 Å². The van der Waals surface area contributed by atoms with Crippen LogP contribution >= 0.6 is 0 Å². The van der Waals surface area contributed by atoms with Crippen LogP contribution in [0, 0.1) is 5.41 Å². The number of hydrogen-bond acceptors (Lipinski definition) is 8. The maximum Gasteiger partial charge on any atom is 0.264 e. The van der Waals surface area contributed by atoms with Gasteiger partial charge in [-0.15, -0.1) is 0 Å². The molecule has 0 aromatic heterocycles. The standard InChI is InChI=1S/C11H18O10S2/c1-8(9(12)13)11(10(14)15,4-2-6-22(16,17)18)5-3-7-23(19,20)21/h1-7H2,(H,12,13)(H,14,15)(H,16,17,18)(H,19,20,21)/p-2. The van der Waals surface area contributed by atoms with Crippen molar-refractivity contribution in [2.24, 2.45) is 5.41 Å². The van der Waals surface area contributed by atoms with E-state index in [0.717, 1.165) is 0 Å². The van der Waals surface area contributed by atoms with Crippen LogP contribution in [0.25, 0.3) is 0 Å². The van der Waals surface area contributed by atoms with Gasteiger partial charge in [-0.1, -0.05) is 6.58 Å². The Kier molecular flexibility index (Phi) is 7.34. The third-order valence-electron chi connectivity index (χ3n) is 3.23. The zero-order chi connectivity index (χ0) is 18.5. The van der Waals surface area contributed by atoms with E-state index in [0.29, 0.717) is 0 Å². The Hall–Kier alpha value is -1.50. The summed E-state index contributed by atoms with van der Waals surface area (Å²) in [6.07, 6.45) is -2.06. The van der Waals surface area contributed by atoms with Gasteiger partial charge in [0, 0.05) is 5.41 Å². The average molecular weight is 372 g/mol. The molecule has 0 aliphatic heterocycles. The fourth-order valence-corrected chi connectivity index (χ4v) is 3.08. The van der Waals surface area contributed by atoms with Gasteiger partial charge in [-0.3, -0.25) is 9.11 Å². The highest BCUT2D eigenvalue weighted by atomic mass is 32.2. The highest BCUT2D eigenvalue weighted by Gasteiger charge is 2.35. The van der Waals surface area contributed by atoms with Crippen molar-refractivity contribution in [3.8, 4) is 0 Å². The second kappa shape index (κ2) is 7.86. The van der Waals surface area contributed by atoms with Crippen molar-refractivity contribution in [3.05, 3.63) is 12.2 Å². The van der Waals surface area contributed by atoms with E-state index in [1.807, 2.05) is 0 Å². The lowest BCUT2D eigenvalue weighted by molar-refractivity contribution is -0.322. The third-order valence-corrected chi connectivity index (χ3v) is 4.84. The van der Waals surface area contributed by atoms with Gasteiger partial charge in [-0.2, -0.15) is 16.8 Å². The monoisotopic (exact) mass is 372 g/mol. The van der Waals surface area contributed by atoms with Crippen molar-refractivity contribution in [2.45, 2.75) is 25.7 Å². The van der Waals surface area contributed by atoms with Crippen LogP contribution in [-0.2, 0) is 29.8 Å². The summed E-state index contributed by atoms with van der Waals surface area (Å²) in [5.74, 6) is -5.49. The second-order valence-corrected chi connectivity index (χ2v) is 8.06. The lowest BCUT2D eigenvalue weighted by atomic mass is 9.73. The van der Waals surface area contributed by atoms with E-state index < -0.39 is 80.4 Å². The SMILES string of the molecule is C=C(C(=O)[O-])C(CCCS(=O)(=O)O)(CCCS(=O)(=O)O)C(=O)[O-]. The van der Waals surface area contributed by atoms with Crippen molar-refractivity contribution in [2.75, 3.05) is 11.5 Å². The highest BCUT2D eigenvalue weighted by molar-refractivity contribution is 7.86. The Morgan fingerprint density at radius 2 is 1.26 bits per heavy atom. The summed E-state index contributed by atoms with van der Waals surface area (Å²) in [6.45, 7) is 3.07. The van der Waals surface area contributed by atoms with Gasteiger partial charge in [0.2, 0.25) is 0 Å². The quantitative estimate of drug-likeness (QED) is 0.286. The molecule has 0 radical (unpaired) electrons. The van der Waals surface area contributed by atoms with Crippen molar-refractivity contribution in [1.29, 1.82) is 0 Å². The van der Waals surface area contributed by atoms with Gasteiger partial charge >= 0.3 is 0 Å². The van der Waals surface area contributed by atoms with Gasteiger partial charge in [-0.05, 0) is 31.3 Å². The molecule has 134 valence electrons. The molecular weight excluding hydrogens is 356 g/mol. The summed E-state index contributed by atoms with van der Waals surface area (Å²) in [7, 11) is -8.81. The first-order chi connectivity index (χ1) is 10.2. The van der Waals surface area contributed by atoms with Gasteiger partial charge in [0.1, 0.15) is 0 Å². The van der Waals surface area contributed by atoms with Crippen LogP contribution in [-0.4, -0.2) is 49.4 Å². The number of carbonyl (C=O) groups excluding carboxylic acids is 2. The van der Waals surface area contributed by atoms with Crippen LogP contribution in [0.1, 0.15) is 25.7 Å². The van der Waals surface area contributed by atoms with Gasteiger partial charge in [0.05, 0.1) is 23.4 Å². The molecule has 23 heavy (non-hydrogen) atoms. The molecule has 0 atom stereocenters. The van der Waals surface area contributed by atoms with Crippen molar-refractivity contribution in [3.63, 3.8) is 0 Å². The van der Waals surface area contributed by atoms with Crippen molar-refractivity contribution in [1.82, 2.24) is 0 Å². The van der Waals surface area contributed by atoms with E-state index in [2.05, 4.69) is 6.58 Å². The molecule has 0 amide bonds. The lowest BCUT2D eigenvalue weighted by Crippen LogP contribution is -2.48. The van der Waals surface area contributed by atoms with Crippen molar-refractivity contribution >= 4 is 32.2 Å². The molecule has 0 unspecified atom stereocenters. The first-order valence-corrected chi connectivity index (χ1v) is 9.45. The molecular formula is C11H16O10S2-2. The third kappa shape index (κ3) is 7.54. The molecule has 0 bridgehead atoms. The van der Waals surface area contributed by atoms with E-state index in [1.165, 1.54) is 0 Å². The molecule has 2 N–H and O–H groups in total. The number of carbonyl (C=O) groups is 2. The summed E-state index contributed by atoms with van der Waals surface area (Å²) in [5, 5.41) is 22.3. The molecule has 0 aliphatic rings. The number of hydrogen-bond donors (Lipinski definition) is 2. The van der Waals surface area contributed by atoms with E-state index in [1.54, 1.807) is 0 Å². The Balaban J connectivity index is 5.40. The average Bonchev–Trinajstić information content (AvgIpc) is 2.32. The summed E-state index contributed by atoms with van der Waals surface area (Å²) in [4.78, 5) is 22.3. The predicted molar refractivity (Wildman–Crippen MR) is 72.9 cm³/mol. The fraction of sp³-hybridized carbons (Fsp3) is 0.636. The molecule has 0 aromatic carbocycles. The molecule has 12 heteroatoms. The summed E-state index contributed by atoms with van der Waals surface area (Å²) in [5.41, 5.74) is -3.20. The molecule has 10 nitrogen and oxygen atoms in total. The number of aliphatic carboxylic acids is 2. The minimum atomic E-state index is -4.40. The summed E-state index contributed by atoms with van der Waals surface area (Å²) in [6, 6.07) is 0. The second-order valence-electron chi connectivity index (χ2n) is 4.91. The predicted octanol–water partition coefficient (Wildman–Crippen LogP) is -2.64.